The van der Waals surface area contributed by atoms with Crippen molar-refractivity contribution in [2.45, 2.75) is 13.3 Å². The van der Waals surface area contributed by atoms with Crippen LogP contribution in [0.3, 0.4) is 0 Å². The molecule has 0 atom stereocenters. The molecule has 2 aromatic rings. The second-order valence-electron chi connectivity index (χ2n) is 5.05. The van der Waals surface area contributed by atoms with E-state index >= 15 is 0 Å². The quantitative estimate of drug-likeness (QED) is 0.771. The van der Waals surface area contributed by atoms with Crippen molar-refractivity contribution in [3.63, 3.8) is 0 Å². The number of nitrogens with one attached hydrogen (secondary N) is 2. The Morgan fingerprint density at radius 2 is 2.04 bits per heavy atom. The number of nitrogens with zero attached hydrogens (tertiary/aromatic N) is 1. The molecule has 24 heavy (non-hydrogen) atoms. The van der Waals surface area contributed by atoms with E-state index in [-0.39, 0.29) is 30.2 Å². The lowest BCUT2D eigenvalue weighted by atomic mass is 10.2. The number of halogens is 1. The number of aryl methyl sites for hydroxylation is 1. The average Bonchev–Trinajstić information content (AvgIpc) is 2.88. The molecule has 130 valence electrons. The molecular formula is C15H18FN3O4S. The van der Waals surface area contributed by atoms with Crippen LogP contribution in [0.2, 0.25) is 0 Å². The molecule has 0 bridgehead atoms. The van der Waals surface area contributed by atoms with Crippen molar-refractivity contribution in [2.75, 3.05) is 19.3 Å². The molecule has 0 saturated heterocycles. The highest BCUT2D eigenvalue weighted by Crippen LogP contribution is 2.24. The summed E-state index contributed by atoms with van der Waals surface area (Å²) < 4.78 is 43.8. The number of carbonyl (C=O) groups is 1. The molecule has 2 rings (SSSR count). The molecule has 2 N–H and O–H groups in total. The number of rotatable bonds is 7. The first-order valence-electron chi connectivity index (χ1n) is 7.21. The van der Waals surface area contributed by atoms with Crippen molar-refractivity contribution in [1.29, 1.82) is 0 Å². The van der Waals surface area contributed by atoms with E-state index in [0.29, 0.717) is 11.5 Å². The number of benzene rings is 1. The third-order valence-electron chi connectivity index (χ3n) is 3.33. The SMILES string of the molecule is CNS(=O)(=O)CCNC(=O)Cc1nc(-c2ccccc2F)oc1C. The fraction of sp³-hybridized carbons (Fsp3) is 0.333. The first-order chi connectivity index (χ1) is 11.3. The van der Waals surface area contributed by atoms with Crippen LogP contribution < -0.4 is 10.0 Å². The predicted molar refractivity (Wildman–Crippen MR) is 86.2 cm³/mol. The molecule has 7 nitrogen and oxygen atoms in total. The molecular weight excluding hydrogens is 337 g/mol. The number of hydrogen-bond donors (Lipinski definition) is 2. The van der Waals surface area contributed by atoms with Crippen LogP contribution in [0, 0.1) is 12.7 Å². The smallest absolute Gasteiger partial charge is 0.229 e. The van der Waals surface area contributed by atoms with Crippen molar-refractivity contribution in [3.05, 3.63) is 41.5 Å². The Bertz CT molecular complexity index is 833. The van der Waals surface area contributed by atoms with E-state index < -0.39 is 21.7 Å². The van der Waals surface area contributed by atoms with Gasteiger partial charge in [-0.3, -0.25) is 4.79 Å². The molecule has 0 spiro atoms. The van der Waals surface area contributed by atoms with Gasteiger partial charge in [0, 0.05) is 6.54 Å². The zero-order valence-corrected chi connectivity index (χ0v) is 14.1. The highest BCUT2D eigenvalue weighted by atomic mass is 32.2. The minimum atomic E-state index is -3.37. The third kappa shape index (κ3) is 4.62. The summed E-state index contributed by atoms with van der Waals surface area (Å²) in [5.74, 6) is -0.560. The lowest BCUT2D eigenvalue weighted by molar-refractivity contribution is -0.120. The van der Waals surface area contributed by atoms with E-state index in [1.807, 2.05) is 0 Å². The number of amides is 1. The summed E-state index contributed by atoms with van der Waals surface area (Å²) in [6.45, 7) is 1.62. The summed E-state index contributed by atoms with van der Waals surface area (Å²) in [7, 11) is -2.07. The van der Waals surface area contributed by atoms with Crippen LogP contribution in [0.1, 0.15) is 11.5 Å². The zero-order chi connectivity index (χ0) is 17.7. The van der Waals surface area contributed by atoms with E-state index in [4.69, 9.17) is 4.42 Å². The van der Waals surface area contributed by atoms with Crippen LogP contribution in [0.4, 0.5) is 4.39 Å². The van der Waals surface area contributed by atoms with Gasteiger partial charge in [-0.05, 0) is 26.1 Å². The van der Waals surface area contributed by atoms with Crippen molar-refractivity contribution in [2.24, 2.45) is 0 Å². The van der Waals surface area contributed by atoms with E-state index in [9.17, 15) is 17.6 Å². The molecule has 1 heterocycles. The largest absolute Gasteiger partial charge is 0.441 e. The highest BCUT2D eigenvalue weighted by molar-refractivity contribution is 7.89. The van der Waals surface area contributed by atoms with E-state index in [1.54, 1.807) is 19.1 Å². The number of hydrogen-bond acceptors (Lipinski definition) is 5. The molecule has 1 aromatic heterocycles. The molecule has 0 saturated carbocycles. The van der Waals surface area contributed by atoms with Crippen molar-refractivity contribution < 1.29 is 22.0 Å². The summed E-state index contributed by atoms with van der Waals surface area (Å²) in [6, 6.07) is 6.05. The summed E-state index contributed by atoms with van der Waals surface area (Å²) in [5, 5.41) is 2.50. The van der Waals surface area contributed by atoms with Crippen LogP contribution in [0.25, 0.3) is 11.5 Å². The van der Waals surface area contributed by atoms with Crippen LogP contribution in [-0.4, -0.2) is 38.7 Å². The first-order valence-corrected chi connectivity index (χ1v) is 8.86. The Morgan fingerprint density at radius 1 is 1.33 bits per heavy atom. The molecule has 9 heteroatoms. The second kappa shape index (κ2) is 7.54. The van der Waals surface area contributed by atoms with E-state index in [2.05, 4.69) is 15.0 Å². The Morgan fingerprint density at radius 3 is 2.71 bits per heavy atom. The van der Waals surface area contributed by atoms with Crippen LogP contribution in [0.5, 0.6) is 0 Å². The van der Waals surface area contributed by atoms with Gasteiger partial charge < -0.3 is 9.73 Å². The van der Waals surface area contributed by atoms with Gasteiger partial charge in [-0.2, -0.15) is 0 Å². The minimum absolute atomic E-state index is 0.0148. The monoisotopic (exact) mass is 355 g/mol. The van der Waals surface area contributed by atoms with Crippen molar-refractivity contribution >= 4 is 15.9 Å². The lowest BCUT2D eigenvalue weighted by Gasteiger charge is -2.04. The summed E-state index contributed by atoms with van der Waals surface area (Å²) in [5.41, 5.74) is 0.592. The Labute approximate surface area is 139 Å². The summed E-state index contributed by atoms with van der Waals surface area (Å²) in [6.07, 6.45) is -0.0800. The molecule has 0 aliphatic carbocycles. The van der Waals surface area contributed by atoms with Gasteiger partial charge in [0.15, 0.2) is 0 Å². The number of aromatic nitrogens is 1. The van der Waals surface area contributed by atoms with Gasteiger partial charge in [-0.15, -0.1) is 0 Å². The van der Waals surface area contributed by atoms with Gasteiger partial charge in [-0.1, -0.05) is 12.1 Å². The molecule has 0 radical (unpaired) electrons. The van der Waals surface area contributed by atoms with Crippen molar-refractivity contribution in [3.8, 4) is 11.5 Å². The number of oxazole rings is 1. The molecule has 1 aromatic carbocycles. The molecule has 0 fully saturated rings. The predicted octanol–water partition coefficient (Wildman–Crippen LogP) is 0.997. The van der Waals surface area contributed by atoms with Crippen molar-refractivity contribution in [1.82, 2.24) is 15.0 Å². The molecule has 0 aliphatic heterocycles. The maximum atomic E-state index is 13.7. The number of carbonyl (C=O) groups excluding carboxylic acids is 1. The highest BCUT2D eigenvalue weighted by Gasteiger charge is 2.17. The van der Waals surface area contributed by atoms with Gasteiger partial charge in [0.2, 0.25) is 21.8 Å². The first kappa shape index (κ1) is 18.1. The maximum absolute atomic E-state index is 13.7. The van der Waals surface area contributed by atoms with Crippen LogP contribution >= 0.6 is 0 Å². The van der Waals surface area contributed by atoms with E-state index in [0.717, 1.165) is 0 Å². The van der Waals surface area contributed by atoms with Gasteiger partial charge in [0.1, 0.15) is 11.6 Å². The van der Waals surface area contributed by atoms with Gasteiger partial charge in [0.05, 0.1) is 23.4 Å². The Hall–Kier alpha value is -2.26. The zero-order valence-electron chi connectivity index (χ0n) is 13.3. The second-order valence-corrected chi connectivity index (χ2v) is 7.10. The Balaban J connectivity index is 2.01. The standard InChI is InChI=1S/C15H18FN3O4S/c1-10-13(9-14(20)18-7-8-24(21,22)17-2)19-15(23-10)11-5-3-4-6-12(11)16/h3-6,17H,7-9H2,1-2H3,(H,18,20). The fourth-order valence-corrected chi connectivity index (χ4v) is 2.56. The number of sulfonamides is 1. The van der Waals surface area contributed by atoms with E-state index in [1.165, 1.54) is 19.2 Å². The maximum Gasteiger partial charge on any atom is 0.229 e. The topological polar surface area (TPSA) is 101 Å². The van der Waals surface area contributed by atoms with Crippen LogP contribution in [-0.2, 0) is 21.2 Å². The molecule has 1 amide bonds. The third-order valence-corrected chi connectivity index (χ3v) is 4.69. The van der Waals surface area contributed by atoms with Gasteiger partial charge in [0.25, 0.3) is 0 Å². The minimum Gasteiger partial charge on any atom is -0.441 e. The van der Waals surface area contributed by atoms with Gasteiger partial charge in [-0.25, -0.2) is 22.5 Å². The van der Waals surface area contributed by atoms with Gasteiger partial charge >= 0.3 is 0 Å². The summed E-state index contributed by atoms with van der Waals surface area (Å²) in [4.78, 5) is 16.0. The molecule has 0 unspecified atom stereocenters. The Kier molecular flexibility index (Phi) is 5.68. The normalized spacial score (nSPS) is 11.5. The van der Waals surface area contributed by atoms with Crippen LogP contribution in [0.15, 0.2) is 28.7 Å². The average molecular weight is 355 g/mol. The molecule has 0 aliphatic rings. The fourth-order valence-electron chi connectivity index (χ4n) is 1.98. The lowest BCUT2D eigenvalue weighted by Crippen LogP contribution is -2.33. The summed E-state index contributed by atoms with van der Waals surface area (Å²) >= 11 is 0.